The average Bonchev–Trinajstić information content (AvgIpc) is 3.39. The van der Waals surface area contributed by atoms with Crippen molar-refractivity contribution >= 4 is 17.5 Å². The molecule has 2 fully saturated rings. The van der Waals surface area contributed by atoms with Crippen molar-refractivity contribution in [2.24, 2.45) is 11.8 Å². The van der Waals surface area contributed by atoms with Crippen molar-refractivity contribution in [3.8, 4) is 0 Å². The second-order valence-electron chi connectivity index (χ2n) is 10.6. The highest BCUT2D eigenvalue weighted by atomic mass is 16.2. The van der Waals surface area contributed by atoms with E-state index in [1.807, 2.05) is 36.4 Å². The van der Waals surface area contributed by atoms with Crippen LogP contribution in [-0.4, -0.2) is 44.5 Å². The SMILES string of the molecule is O=C(N[C@@H]1CCCC[C@@H]1C(=O)N1CCCCC2C(c3ncn[nH]3)Nc3ccccc3C21)c1ccccc1. The molecule has 2 aromatic carbocycles. The zero-order valence-corrected chi connectivity index (χ0v) is 21.0. The zero-order valence-electron chi connectivity index (χ0n) is 21.0. The number of amides is 2. The standard InChI is InChI=1S/C29H34N6O2/c36-28(19-10-2-1-3-11-19)33-24-16-7-5-13-21(24)29(37)35-17-9-8-14-22-25(27-30-18-31-34-27)32-23-15-6-4-12-20(23)26(22)35/h1-4,6,10-12,15,18,21-22,24-26,32H,5,7-9,13-14,16-17H2,(H,33,36)(H,30,31,34)/t21-,22?,24+,25?,26?/m0/s1. The molecule has 3 aromatic rings. The topological polar surface area (TPSA) is 103 Å². The van der Waals surface area contributed by atoms with Crippen LogP contribution in [0.15, 0.2) is 60.9 Å². The molecule has 192 valence electrons. The smallest absolute Gasteiger partial charge is 0.251 e. The van der Waals surface area contributed by atoms with Crippen LogP contribution < -0.4 is 10.6 Å². The summed E-state index contributed by atoms with van der Waals surface area (Å²) in [4.78, 5) is 34.1. The molecular formula is C29H34N6O2. The number of carbonyl (C=O) groups is 2. The van der Waals surface area contributed by atoms with Crippen LogP contribution in [-0.2, 0) is 4.79 Å². The number of aromatic amines is 1. The van der Waals surface area contributed by atoms with Gasteiger partial charge in [0.25, 0.3) is 5.91 Å². The molecule has 1 aliphatic carbocycles. The number of benzene rings is 2. The summed E-state index contributed by atoms with van der Waals surface area (Å²) in [6.07, 6.45) is 8.24. The van der Waals surface area contributed by atoms with Gasteiger partial charge in [-0.3, -0.25) is 14.7 Å². The third-order valence-corrected chi connectivity index (χ3v) is 8.39. The number of nitrogens with zero attached hydrogens (tertiary/aromatic N) is 3. The van der Waals surface area contributed by atoms with E-state index in [-0.39, 0.29) is 41.8 Å². The van der Waals surface area contributed by atoms with Gasteiger partial charge in [-0.2, -0.15) is 5.10 Å². The number of H-pyrrole nitrogens is 1. The maximum atomic E-state index is 14.4. The maximum absolute atomic E-state index is 14.4. The highest BCUT2D eigenvalue weighted by molar-refractivity contribution is 5.94. The van der Waals surface area contributed by atoms with E-state index in [0.717, 1.165) is 63.0 Å². The van der Waals surface area contributed by atoms with Crippen molar-refractivity contribution < 1.29 is 9.59 Å². The van der Waals surface area contributed by atoms with Crippen LogP contribution >= 0.6 is 0 Å². The molecule has 3 heterocycles. The Kier molecular flexibility index (Phi) is 6.64. The van der Waals surface area contributed by atoms with E-state index in [1.54, 1.807) is 6.33 Å². The van der Waals surface area contributed by atoms with Gasteiger partial charge in [0.1, 0.15) is 12.2 Å². The van der Waals surface area contributed by atoms with E-state index in [1.165, 1.54) is 5.56 Å². The lowest BCUT2D eigenvalue weighted by molar-refractivity contribution is -0.141. The Morgan fingerprint density at radius 3 is 2.54 bits per heavy atom. The summed E-state index contributed by atoms with van der Waals surface area (Å²) in [6.45, 7) is 0.729. The molecule has 8 nitrogen and oxygen atoms in total. The third kappa shape index (κ3) is 4.61. The molecule has 1 saturated carbocycles. The van der Waals surface area contributed by atoms with E-state index >= 15 is 0 Å². The number of likely N-dealkylation sites (tertiary alicyclic amines) is 1. The number of hydrogen-bond donors (Lipinski definition) is 3. The molecule has 8 heteroatoms. The summed E-state index contributed by atoms with van der Waals surface area (Å²) >= 11 is 0. The first kappa shape index (κ1) is 23.7. The molecule has 1 aromatic heterocycles. The largest absolute Gasteiger partial charge is 0.375 e. The molecule has 1 saturated heterocycles. The fourth-order valence-corrected chi connectivity index (χ4v) is 6.64. The Hall–Kier alpha value is -3.68. The lowest BCUT2D eigenvalue weighted by atomic mass is 9.78. The van der Waals surface area contributed by atoms with E-state index in [4.69, 9.17) is 0 Å². The molecule has 0 radical (unpaired) electrons. The maximum Gasteiger partial charge on any atom is 0.251 e. The van der Waals surface area contributed by atoms with Gasteiger partial charge in [0, 0.05) is 29.8 Å². The third-order valence-electron chi connectivity index (χ3n) is 8.39. The van der Waals surface area contributed by atoms with Gasteiger partial charge in [-0.15, -0.1) is 0 Å². The van der Waals surface area contributed by atoms with Gasteiger partial charge >= 0.3 is 0 Å². The monoisotopic (exact) mass is 498 g/mol. The molecular weight excluding hydrogens is 464 g/mol. The van der Waals surface area contributed by atoms with Gasteiger partial charge in [-0.1, -0.05) is 55.7 Å². The minimum Gasteiger partial charge on any atom is -0.375 e. The average molecular weight is 499 g/mol. The van der Waals surface area contributed by atoms with Crippen molar-refractivity contribution in [3.05, 3.63) is 77.9 Å². The van der Waals surface area contributed by atoms with Crippen LogP contribution in [0, 0.1) is 11.8 Å². The number of fused-ring (bicyclic) bond motifs is 3. The fraction of sp³-hybridized carbons (Fsp3) is 0.448. The van der Waals surface area contributed by atoms with Crippen LogP contribution in [0.4, 0.5) is 5.69 Å². The van der Waals surface area contributed by atoms with E-state index in [0.29, 0.717) is 5.56 Å². The fourth-order valence-electron chi connectivity index (χ4n) is 6.64. The summed E-state index contributed by atoms with van der Waals surface area (Å²) in [5, 5.41) is 14.1. The Morgan fingerprint density at radius 1 is 0.919 bits per heavy atom. The molecule has 0 spiro atoms. The van der Waals surface area contributed by atoms with Crippen molar-refractivity contribution in [1.82, 2.24) is 25.4 Å². The molecule has 3 aliphatic rings. The number of rotatable bonds is 4. The Labute approximate surface area is 217 Å². The molecule has 2 aliphatic heterocycles. The number of hydrogen-bond acceptors (Lipinski definition) is 5. The van der Waals surface area contributed by atoms with Gasteiger partial charge in [-0.05, 0) is 49.4 Å². The first-order valence-corrected chi connectivity index (χ1v) is 13.6. The molecule has 2 amide bonds. The summed E-state index contributed by atoms with van der Waals surface area (Å²) in [5.74, 6) is 0.838. The van der Waals surface area contributed by atoms with Crippen LogP contribution in [0.3, 0.4) is 0 Å². The summed E-state index contributed by atoms with van der Waals surface area (Å²) < 4.78 is 0. The van der Waals surface area contributed by atoms with Crippen molar-refractivity contribution in [1.29, 1.82) is 0 Å². The van der Waals surface area contributed by atoms with Gasteiger partial charge in [0.15, 0.2) is 0 Å². The quantitative estimate of drug-likeness (QED) is 0.487. The number of para-hydroxylation sites is 1. The van der Waals surface area contributed by atoms with Gasteiger partial charge in [0.2, 0.25) is 5.91 Å². The van der Waals surface area contributed by atoms with Gasteiger partial charge in [0.05, 0.1) is 18.0 Å². The lowest BCUT2D eigenvalue weighted by Crippen LogP contribution is -2.52. The number of nitrogens with one attached hydrogen (secondary N) is 3. The van der Waals surface area contributed by atoms with E-state index in [9.17, 15) is 9.59 Å². The van der Waals surface area contributed by atoms with Gasteiger partial charge in [-0.25, -0.2) is 4.98 Å². The first-order chi connectivity index (χ1) is 18.2. The predicted octanol–water partition coefficient (Wildman–Crippen LogP) is 4.63. The van der Waals surface area contributed by atoms with Gasteiger partial charge < -0.3 is 15.5 Å². The minimum atomic E-state index is -0.217. The first-order valence-electron chi connectivity index (χ1n) is 13.6. The molecule has 3 N–H and O–H groups in total. The van der Waals surface area contributed by atoms with Crippen LogP contribution in [0.25, 0.3) is 0 Å². The Bertz CT molecular complexity index is 1230. The lowest BCUT2D eigenvalue weighted by Gasteiger charge is -2.45. The van der Waals surface area contributed by atoms with Crippen LogP contribution in [0.5, 0.6) is 0 Å². The summed E-state index contributed by atoms with van der Waals surface area (Å²) in [7, 11) is 0. The van der Waals surface area contributed by atoms with Crippen molar-refractivity contribution in [2.45, 2.75) is 63.1 Å². The van der Waals surface area contributed by atoms with Crippen LogP contribution in [0.1, 0.15) is 78.8 Å². The van der Waals surface area contributed by atoms with E-state index < -0.39 is 0 Å². The molecule has 37 heavy (non-hydrogen) atoms. The predicted molar refractivity (Wildman–Crippen MR) is 141 cm³/mol. The highest BCUT2D eigenvalue weighted by Crippen LogP contribution is 2.49. The summed E-state index contributed by atoms with van der Waals surface area (Å²) in [6, 6.07) is 17.4. The molecule has 6 rings (SSSR count). The zero-order chi connectivity index (χ0) is 25.2. The second-order valence-corrected chi connectivity index (χ2v) is 10.6. The van der Waals surface area contributed by atoms with Crippen molar-refractivity contribution in [3.63, 3.8) is 0 Å². The molecule has 3 unspecified atom stereocenters. The molecule has 0 bridgehead atoms. The normalized spacial score (nSPS) is 27.2. The number of carbonyl (C=O) groups excluding carboxylic acids is 2. The minimum absolute atomic E-state index is 0.0456. The highest BCUT2D eigenvalue weighted by Gasteiger charge is 2.46. The van der Waals surface area contributed by atoms with Crippen LogP contribution in [0.2, 0.25) is 0 Å². The second kappa shape index (κ2) is 10.4. The number of anilines is 1. The number of aromatic nitrogens is 3. The van der Waals surface area contributed by atoms with Crippen molar-refractivity contribution in [2.75, 3.05) is 11.9 Å². The molecule has 5 atom stereocenters. The summed E-state index contributed by atoms with van der Waals surface area (Å²) in [5.41, 5.74) is 2.85. The van der Waals surface area contributed by atoms with E-state index in [2.05, 4.69) is 48.9 Å². The Morgan fingerprint density at radius 2 is 1.70 bits per heavy atom. The Balaban J connectivity index is 1.32.